The minimum absolute atomic E-state index is 0.0288. The van der Waals surface area contributed by atoms with Crippen molar-refractivity contribution in [1.82, 2.24) is 9.80 Å². The first kappa shape index (κ1) is 21.5. The Balaban J connectivity index is 1.73. The average molecular weight is 444 g/mol. The van der Waals surface area contributed by atoms with Crippen LogP contribution in [-0.4, -0.2) is 67.4 Å². The summed E-state index contributed by atoms with van der Waals surface area (Å²) in [5.41, 5.74) is 2.63. The highest BCUT2D eigenvalue weighted by atomic mass is 32.2. The second-order valence-corrected chi connectivity index (χ2v) is 8.13. The highest BCUT2D eigenvalue weighted by Gasteiger charge is 2.42. The number of amides is 1. The molecule has 0 bridgehead atoms. The first-order valence-electron chi connectivity index (χ1n) is 10.1. The molecule has 1 saturated heterocycles. The molecule has 0 radical (unpaired) electrons. The lowest BCUT2D eigenvalue weighted by Gasteiger charge is -2.37. The van der Waals surface area contributed by atoms with E-state index in [1.807, 2.05) is 39.5 Å². The van der Waals surface area contributed by atoms with E-state index in [1.165, 1.54) is 18.9 Å². The SMILES string of the molecule is COC(=O)C1=C(C)N=C2SC=C(CC(=O)N3CCOCC3)N2C1c1ccccc1OC. The van der Waals surface area contributed by atoms with Gasteiger partial charge in [-0.25, -0.2) is 9.79 Å². The van der Waals surface area contributed by atoms with Crippen LogP contribution in [0.1, 0.15) is 24.9 Å². The minimum atomic E-state index is -0.505. The zero-order chi connectivity index (χ0) is 22.0. The zero-order valence-electron chi connectivity index (χ0n) is 17.8. The number of methoxy groups -OCH3 is 2. The summed E-state index contributed by atoms with van der Waals surface area (Å²) >= 11 is 1.45. The van der Waals surface area contributed by atoms with E-state index in [0.717, 1.165) is 16.4 Å². The molecular weight excluding hydrogens is 418 g/mol. The van der Waals surface area contributed by atoms with Crippen LogP contribution in [0.3, 0.4) is 0 Å². The van der Waals surface area contributed by atoms with Crippen molar-refractivity contribution in [1.29, 1.82) is 0 Å². The number of fused-ring (bicyclic) bond motifs is 1. The molecule has 4 rings (SSSR count). The van der Waals surface area contributed by atoms with Gasteiger partial charge in [0, 0.05) is 24.4 Å². The van der Waals surface area contributed by atoms with Crippen LogP contribution in [0, 0.1) is 0 Å². The summed E-state index contributed by atoms with van der Waals surface area (Å²) in [5.74, 6) is 0.228. The Labute approximate surface area is 185 Å². The molecule has 1 atom stereocenters. The van der Waals surface area contributed by atoms with Gasteiger partial charge in [0.1, 0.15) is 5.75 Å². The predicted octanol–water partition coefficient (Wildman–Crippen LogP) is 2.69. The Hall–Kier alpha value is -2.78. The number of carbonyl (C=O) groups is 2. The van der Waals surface area contributed by atoms with E-state index in [2.05, 4.69) is 4.99 Å². The van der Waals surface area contributed by atoms with Crippen molar-refractivity contribution >= 4 is 28.8 Å². The number of ether oxygens (including phenoxy) is 3. The third-order valence-corrected chi connectivity index (χ3v) is 6.42. The molecule has 3 aliphatic rings. The summed E-state index contributed by atoms with van der Waals surface area (Å²) in [6.07, 6.45) is 0.213. The van der Waals surface area contributed by atoms with Crippen LogP contribution in [0.2, 0.25) is 0 Å². The normalized spacial score (nSPS) is 20.8. The number of thioether (sulfide) groups is 1. The molecule has 31 heavy (non-hydrogen) atoms. The van der Waals surface area contributed by atoms with Gasteiger partial charge in [-0.3, -0.25) is 4.79 Å². The van der Waals surface area contributed by atoms with Crippen LogP contribution in [0.15, 0.2) is 51.6 Å². The number of carbonyl (C=O) groups excluding carboxylic acids is 2. The number of benzene rings is 1. The smallest absolute Gasteiger partial charge is 0.338 e. The molecule has 1 fully saturated rings. The standard InChI is InChI=1S/C22H25N3O5S/c1-14-19(21(27)29-3)20(16-6-4-5-7-17(16)28-2)25-15(13-31-22(25)23-14)12-18(26)24-8-10-30-11-9-24/h4-7,13,20H,8-12H2,1-3H3. The lowest BCUT2D eigenvalue weighted by atomic mass is 9.93. The Morgan fingerprint density at radius 1 is 1.23 bits per heavy atom. The van der Waals surface area contributed by atoms with Crippen molar-refractivity contribution < 1.29 is 23.8 Å². The van der Waals surface area contributed by atoms with E-state index in [4.69, 9.17) is 14.2 Å². The molecule has 0 aliphatic carbocycles. The second-order valence-electron chi connectivity index (χ2n) is 7.30. The number of amidine groups is 1. The van der Waals surface area contributed by atoms with E-state index in [0.29, 0.717) is 43.3 Å². The van der Waals surface area contributed by atoms with Crippen LogP contribution >= 0.6 is 11.8 Å². The number of hydrogen-bond acceptors (Lipinski definition) is 8. The predicted molar refractivity (Wildman–Crippen MR) is 117 cm³/mol. The van der Waals surface area contributed by atoms with Gasteiger partial charge in [-0.15, -0.1) is 0 Å². The van der Waals surface area contributed by atoms with Crippen LogP contribution in [0.25, 0.3) is 0 Å². The number of morpholine rings is 1. The maximum atomic E-state index is 13.0. The van der Waals surface area contributed by atoms with Crippen molar-refractivity contribution in [2.45, 2.75) is 19.4 Å². The Kier molecular flexibility index (Phi) is 6.33. The molecule has 0 N–H and O–H groups in total. The number of rotatable bonds is 5. The Morgan fingerprint density at radius 2 is 1.97 bits per heavy atom. The number of hydrogen-bond donors (Lipinski definition) is 0. The van der Waals surface area contributed by atoms with E-state index >= 15 is 0 Å². The lowest BCUT2D eigenvalue weighted by molar-refractivity contribution is -0.136. The largest absolute Gasteiger partial charge is 0.496 e. The van der Waals surface area contributed by atoms with Crippen LogP contribution in [-0.2, 0) is 19.1 Å². The highest BCUT2D eigenvalue weighted by molar-refractivity contribution is 8.16. The molecule has 8 nitrogen and oxygen atoms in total. The van der Waals surface area contributed by atoms with Gasteiger partial charge < -0.3 is 24.0 Å². The van der Waals surface area contributed by atoms with E-state index in [-0.39, 0.29) is 12.3 Å². The maximum absolute atomic E-state index is 13.0. The second kappa shape index (κ2) is 9.15. The van der Waals surface area contributed by atoms with Gasteiger partial charge in [0.25, 0.3) is 0 Å². The minimum Gasteiger partial charge on any atom is -0.496 e. The van der Waals surface area contributed by atoms with Gasteiger partial charge in [-0.2, -0.15) is 0 Å². The highest BCUT2D eigenvalue weighted by Crippen LogP contribution is 2.46. The summed E-state index contributed by atoms with van der Waals surface area (Å²) in [5, 5.41) is 2.67. The molecule has 0 saturated carbocycles. The molecule has 9 heteroatoms. The van der Waals surface area contributed by atoms with Crippen LogP contribution in [0.4, 0.5) is 0 Å². The van der Waals surface area contributed by atoms with E-state index < -0.39 is 12.0 Å². The van der Waals surface area contributed by atoms with E-state index in [9.17, 15) is 9.59 Å². The summed E-state index contributed by atoms with van der Waals surface area (Å²) in [4.78, 5) is 34.2. The van der Waals surface area contributed by atoms with Gasteiger partial charge in [0.2, 0.25) is 5.91 Å². The fourth-order valence-corrected chi connectivity index (χ4v) is 4.97. The molecule has 1 unspecified atom stereocenters. The molecule has 0 aromatic heterocycles. The van der Waals surface area contributed by atoms with Gasteiger partial charge in [-0.05, 0) is 18.4 Å². The van der Waals surface area contributed by atoms with Crippen molar-refractivity contribution in [3.05, 3.63) is 52.2 Å². The number of allylic oxidation sites excluding steroid dienone is 1. The van der Waals surface area contributed by atoms with E-state index in [1.54, 1.807) is 14.0 Å². The average Bonchev–Trinajstić information content (AvgIpc) is 3.20. The number of nitrogens with zero attached hydrogens (tertiary/aromatic N) is 3. The topological polar surface area (TPSA) is 80.7 Å². The molecule has 3 heterocycles. The third kappa shape index (κ3) is 4.07. The van der Waals surface area contributed by atoms with Crippen LogP contribution in [0.5, 0.6) is 5.75 Å². The molecule has 3 aliphatic heterocycles. The van der Waals surface area contributed by atoms with Gasteiger partial charge in [-0.1, -0.05) is 30.0 Å². The van der Waals surface area contributed by atoms with Gasteiger partial charge in [0.15, 0.2) is 5.17 Å². The molecular formula is C22H25N3O5S. The molecule has 1 aromatic rings. The fourth-order valence-electron chi connectivity index (χ4n) is 4.01. The van der Waals surface area contributed by atoms with Gasteiger partial charge >= 0.3 is 5.97 Å². The lowest BCUT2D eigenvalue weighted by Crippen LogP contribution is -2.42. The number of esters is 1. The molecule has 1 amide bonds. The van der Waals surface area contributed by atoms with Crippen LogP contribution < -0.4 is 4.74 Å². The monoisotopic (exact) mass is 443 g/mol. The fraction of sp³-hybridized carbons (Fsp3) is 0.409. The first-order chi connectivity index (χ1) is 15.0. The number of aliphatic imine (C=N–C) groups is 1. The third-order valence-electron chi connectivity index (χ3n) is 5.54. The summed E-state index contributed by atoms with van der Waals surface area (Å²) < 4.78 is 16.1. The first-order valence-corrected chi connectivity index (χ1v) is 10.9. The maximum Gasteiger partial charge on any atom is 0.338 e. The molecule has 0 spiro atoms. The zero-order valence-corrected chi connectivity index (χ0v) is 18.6. The quantitative estimate of drug-likeness (QED) is 0.647. The Morgan fingerprint density at radius 3 is 2.68 bits per heavy atom. The summed E-state index contributed by atoms with van der Waals surface area (Å²) in [6.45, 7) is 4.07. The van der Waals surface area contributed by atoms with Crippen molar-refractivity contribution in [3.8, 4) is 5.75 Å². The van der Waals surface area contributed by atoms with Crippen molar-refractivity contribution in [3.63, 3.8) is 0 Å². The molecule has 1 aromatic carbocycles. The van der Waals surface area contributed by atoms with Crippen molar-refractivity contribution in [2.75, 3.05) is 40.5 Å². The number of para-hydroxylation sites is 1. The van der Waals surface area contributed by atoms with Gasteiger partial charge in [0.05, 0.1) is 51.2 Å². The Bertz CT molecular complexity index is 981. The summed E-state index contributed by atoms with van der Waals surface area (Å²) in [7, 11) is 2.96. The summed E-state index contributed by atoms with van der Waals surface area (Å²) in [6, 6.07) is 7.06. The van der Waals surface area contributed by atoms with Crippen molar-refractivity contribution in [2.24, 2.45) is 4.99 Å². The molecule has 164 valence electrons.